The number of amides is 2. The van der Waals surface area contributed by atoms with Gasteiger partial charge in [0.1, 0.15) is 5.82 Å². The van der Waals surface area contributed by atoms with Crippen molar-refractivity contribution in [3.8, 4) is 0 Å². The minimum absolute atomic E-state index is 0.104. The number of rotatable bonds is 5. The lowest BCUT2D eigenvalue weighted by atomic mass is 10.0. The number of carbonyl (C=O) groups excluding carboxylic acids is 1. The largest absolute Gasteiger partial charge is 0.338 e. The molecule has 6 heteroatoms. The van der Waals surface area contributed by atoms with Gasteiger partial charge in [-0.15, -0.1) is 0 Å². The van der Waals surface area contributed by atoms with E-state index in [-0.39, 0.29) is 11.6 Å². The van der Waals surface area contributed by atoms with Gasteiger partial charge in [-0.05, 0) is 24.5 Å². The Morgan fingerprint density at radius 2 is 2.15 bits per heavy atom. The molecule has 0 saturated heterocycles. The number of urea groups is 1. The summed E-state index contributed by atoms with van der Waals surface area (Å²) in [6, 6.07) is 8.00. The molecule has 1 aromatic carbocycles. The third kappa shape index (κ3) is 4.12. The molecular formula is C20H26N4O2. The van der Waals surface area contributed by atoms with Crippen molar-refractivity contribution in [2.75, 3.05) is 13.1 Å². The SMILES string of the molecule is CCCCNC(=O)N1CCc2nc(Cc3ccccc3C)[nH]c(=O)c2C1. The van der Waals surface area contributed by atoms with Crippen LogP contribution in [0.2, 0.25) is 0 Å². The molecular weight excluding hydrogens is 328 g/mol. The number of aryl methyl sites for hydroxylation is 1. The molecule has 1 aliphatic heterocycles. The van der Waals surface area contributed by atoms with E-state index in [1.54, 1.807) is 4.90 Å². The minimum Gasteiger partial charge on any atom is -0.338 e. The van der Waals surface area contributed by atoms with E-state index in [2.05, 4.69) is 41.3 Å². The molecule has 0 radical (unpaired) electrons. The van der Waals surface area contributed by atoms with E-state index in [9.17, 15) is 9.59 Å². The van der Waals surface area contributed by atoms with E-state index in [0.29, 0.717) is 43.9 Å². The summed E-state index contributed by atoms with van der Waals surface area (Å²) in [7, 11) is 0. The van der Waals surface area contributed by atoms with Crippen LogP contribution in [0.25, 0.3) is 0 Å². The maximum atomic E-state index is 12.5. The molecule has 138 valence electrons. The van der Waals surface area contributed by atoms with Crippen molar-refractivity contribution < 1.29 is 4.79 Å². The lowest BCUT2D eigenvalue weighted by molar-refractivity contribution is 0.191. The summed E-state index contributed by atoms with van der Waals surface area (Å²) in [6.07, 6.45) is 3.22. The molecule has 6 nitrogen and oxygen atoms in total. The Labute approximate surface area is 153 Å². The van der Waals surface area contributed by atoms with Gasteiger partial charge in [0.05, 0.1) is 17.8 Å². The van der Waals surface area contributed by atoms with Crippen molar-refractivity contribution in [3.63, 3.8) is 0 Å². The smallest absolute Gasteiger partial charge is 0.317 e. The van der Waals surface area contributed by atoms with Crippen molar-refractivity contribution in [3.05, 3.63) is 62.8 Å². The van der Waals surface area contributed by atoms with Crippen LogP contribution in [0, 0.1) is 6.92 Å². The Hall–Kier alpha value is -2.63. The van der Waals surface area contributed by atoms with Crippen LogP contribution >= 0.6 is 0 Å². The molecule has 0 aliphatic carbocycles. The Kier molecular flexibility index (Phi) is 5.71. The lowest BCUT2D eigenvalue weighted by Crippen LogP contribution is -2.45. The third-order valence-electron chi connectivity index (χ3n) is 4.83. The first-order valence-corrected chi connectivity index (χ1v) is 9.26. The summed E-state index contributed by atoms with van der Waals surface area (Å²) in [6.45, 7) is 5.72. The lowest BCUT2D eigenvalue weighted by Gasteiger charge is -2.28. The first-order chi connectivity index (χ1) is 12.6. The number of H-pyrrole nitrogens is 1. The van der Waals surface area contributed by atoms with Gasteiger partial charge < -0.3 is 15.2 Å². The van der Waals surface area contributed by atoms with Crippen molar-refractivity contribution in [1.82, 2.24) is 20.2 Å². The van der Waals surface area contributed by atoms with E-state index < -0.39 is 0 Å². The van der Waals surface area contributed by atoms with E-state index in [0.717, 1.165) is 24.1 Å². The quantitative estimate of drug-likeness (QED) is 0.810. The number of aromatic amines is 1. The highest BCUT2D eigenvalue weighted by Gasteiger charge is 2.24. The molecule has 0 atom stereocenters. The fraction of sp³-hybridized carbons (Fsp3) is 0.450. The Bertz CT molecular complexity index is 844. The van der Waals surface area contributed by atoms with Gasteiger partial charge in [0.15, 0.2) is 0 Å². The van der Waals surface area contributed by atoms with Gasteiger partial charge in [-0.1, -0.05) is 37.6 Å². The average Bonchev–Trinajstić information content (AvgIpc) is 2.63. The van der Waals surface area contributed by atoms with Crippen LogP contribution in [0.3, 0.4) is 0 Å². The summed E-state index contributed by atoms with van der Waals surface area (Å²) in [5, 5.41) is 2.91. The number of benzene rings is 1. The second kappa shape index (κ2) is 8.17. The molecule has 1 aromatic heterocycles. The van der Waals surface area contributed by atoms with Crippen LogP contribution in [-0.4, -0.2) is 34.0 Å². The molecule has 26 heavy (non-hydrogen) atoms. The van der Waals surface area contributed by atoms with Crippen LogP contribution < -0.4 is 10.9 Å². The second-order valence-electron chi connectivity index (χ2n) is 6.80. The fourth-order valence-electron chi connectivity index (χ4n) is 3.21. The number of nitrogens with zero attached hydrogens (tertiary/aromatic N) is 2. The van der Waals surface area contributed by atoms with Crippen LogP contribution in [0.1, 0.15) is 48.0 Å². The molecule has 0 unspecified atom stereocenters. The first-order valence-electron chi connectivity index (χ1n) is 9.26. The third-order valence-corrected chi connectivity index (χ3v) is 4.83. The highest BCUT2D eigenvalue weighted by molar-refractivity contribution is 5.74. The number of fused-ring (bicyclic) bond motifs is 1. The molecule has 0 spiro atoms. The van der Waals surface area contributed by atoms with Crippen molar-refractivity contribution in [2.45, 2.75) is 46.1 Å². The van der Waals surface area contributed by atoms with Gasteiger partial charge in [0.2, 0.25) is 0 Å². The van der Waals surface area contributed by atoms with E-state index in [1.165, 1.54) is 5.56 Å². The van der Waals surface area contributed by atoms with Gasteiger partial charge >= 0.3 is 6.03 Å². The van der Waals surface area contributed by atoms with Gasteiger partial charge in [0.25, 0.3) is 5.56 Å². The predicted octanol–water partition coefficient (Wildman–Crippen LogP) is 2.54. The van der Waals surface area contributed by atoms with E-state index >= 15 is 0 Å². The van der Waals surface area contributed by atoms with Crippen LogP contribution in [-0.2, 0) is 19.4 Å². The van der Waals surface area contributed by atoms with Crippen LogP contribution in [0.4, 0.5) is 4.79 Å². The second-order valence-corrected chi connectivity index (χ2v) is 6.80. The normalized spacial score (nSPS) is 13.4. The number of nitrogens with one attached hydrogen (secondary N) is 2. The summed E-state index contributed by atoms with van der Waals surface area (Å²) in [5.74, 6) is 0.684. The zero-order valence-corrected chi connectivity index (χ0v) is 15.5. The van der Waals surface area contributed by atoms with E-state index in [1.807, 2.05) is 12.1 Å². The van der Waals surface area contributed by atoms with Gasteiger partial charge in [-0.3, -0.25) is 4.79 Å². The first kappa shape index (κ1) is 18.2. The van der Waals surface area contributed by atoms with Gasteiger partial charge in [-0.2, -0.15) is 0 Å². The highest BCUT2D eigenvalue weighted by Crippen LogP contribution is 2.16. The molecule has 0 bridgehead atoms. The maximum Gasteiger partial charge on any atom is 0.317 e. The molecule has 0 saturated carbocycles. The Balaban J connectivity index is 1.74. The number of carbonyl (C=O) groups is 1. The molecule has 2 N–H and O–H groups in total. The maximum absolute atomic E-state index is 12.5. The summed E-state index contributed by atoms with van der Waals surface area (Å²) in [4.78, 5) is 34.0. The van der Waals surface area contributed by atoms with Gasteiger partial charge in [-0.25, -0.2) is 9.78 Å². The molecule has 1 aliphatic rings. The Morgan fingerprint density at radius 3 is 2.92 bits per heavy atom. The van der Waals surface area contributed by atoms with Crippen LogP contribution in [0.15, 0.2) is 29.1 Å². The predicted molar refractivity (Wildman–Crippen MR) is 101 cm³/mol. The number of unbranched alkanes of at least 4 members (excludes halogenated alkanes) is 1. The summed E-state index contributed by atoms with van der Waals surface area (Å²) >= 11 is 0. The fourth-order valence-corrected chi connectivity index (χ4v) is 3.21. The zero-order valence-electron chi connectivity index (χ0n) is 15.5. The Morgan fingerprint density at radius 1 is 1.35 bits per heavy atom. The van der Waals surface area contributed by atoms with Gasteiger partial charge in [0, 0.05) is 25.9 Å². The monoisotopic (exact) mass is 354 g/mol. The summed E-state index contributed by atoms with van der Waals surface area (Å²) in [5.41, 5.74) is 3.63. The summed E-state index contributed by atoms with van der Waals surface area (Å²) < 4.78 is 0. The van der Waals surface area contributed by atoms with Crippen molar-refractivity contribution >= 4 is 6.03 Å². The standard InChI is InChI=1S/C20H26N4O2/c1-3-4-10-21-20(26)24-11-9-17-16(13-24)19(25)23-18(22-17)12-15-8-6-5-7-14(15)2/h5-8H,3-4,9-13H2,1-2H3,(H,21,26)(H,22,23,25). The highest BCUT2D eigenvalue weighted by atomic mass is 16.2. The van der Waals surface area contributed by atoms with Crippen molar-refractivity contribution in [2.24, 2.45) is 0 Å². The molecule has 2 amide bonds. The number of hydrogen-bond acceptors (Lipinski definition) is 3. The van der Waals surface area contributed by atoms with Crippen molar-refractivity contribution in [1.29, 1.82) is 0 Å². The molecule has 2 aromatic rings. The van der Waals surface area contributed by atoms with E-state index in [4.69, 9.17) is 0 Å². The topological polar surface area (TPSA) is 78.1 Å². The molecule has 0 fully saturated rings. The van der Waals surface area contributed by atoms with Crippen LogP contribution in [0.5, 0.6) is 0 Å². The number of hydrogen-bond donors (Lipinski definition) is 2. The molecule has 2 heterocycles. The molecule has 3 rings (SSSR count). The number of aromatic nitrogens is 2. The zero-order chi connectivity index (χ0) is 18.5. The minimum atomic E-state index is -0.135. The average molecular weight is 354 g/mol.